The number of thioether (sulfide) groups is 1. The predicted molar refractivity (Wildman–Crippen MR) is 120 cm³/mol. The number of hydrogen-bond donors (Lipinski definition) is 2. The summed E-state index contributed by atoms with van der Waals surface area (Å²) in [7, 11) is 0. The van der Waals surface area contributed by atoms with E-state index in [2.05, 4.69) is 15.5 Å². The standard InChI is InChI=1S/C22H29N5O3S/c1-15(20(28)26-22(29)23-16-6-2-3-7-16)31-21-17-8-4-5-9-18(17)24-19(25-21)14-27-10-12-30-13-11-27/h4-5,8-9,15-16H,2-3,6-7,10-14H2,1H3,(H2,23,26,28,29). The van der Waals surface area contributed by atoms with Crippen LogP contribution in [0.5, 0.6) is 0 Å². The largest absolute Gasteiger partial charge is 0.379 e. The summed E-state index contributed by atoms with van der Waals surface area (Å²) in [5.74, 6) is 0.410. The van der Waals surface area contributed by atoms with Crippen LogP contribution in [0.25, 0.3) is 10.9 Å². The minimum Gasteiger partial charge on any atom is -0.379 e. The molecule has 2 heterocycles. The van der Waals surface area contributed by atoms with E-state index in [9.17, 15) is 9.59 Å². The van der Waals surface area contributed by atoms with Crippen LogP contribution in [0.2, 0.25) is 0 Å². The van der Waals surface area contributed by atoms with Crippen LogP contribution in [-0.4, -0.2) is 64.4 Å². The first kappa shape index (κ1) is 22.0. The van der Waals surface area contributed by atoms with Gasteiger partial charge in [0.15, 0.2) is 0 Å². The van der Waals surface area contributed by atoms with E-state index in [0.29, 0.717) is 6.54 Å². The Morgan fingerprint density at radius 2 is 1.94 bits per heavy atom. The molecule has 1 unspecified atom stereocenters. The second kappa shape index (κ2) is 10.4. The van der Waals surface area contributed by atoms with E-state index >= 15 is 0 Å². The van der Waals surface area contributed by atoms with Gasteiger partial charge in [0.2, 0.25) is 5.91 Å². The maximum atomic E-state index is 12.6. The van der Waals surface area contributed by atoms with Crippen molar-refractivity contribution in [3.05, 3.63) is 30.1 Å². The van der Waals surface area contributed by atoms with Crippen molar-refractivity contribution in [2.45, 2.75) is 55.5 Å². The summed E-state index contributed by atoms with van der Waals surface area (Å²) in [5, 5.41) is 6.57. The van der Waals surface area contributed by atoms with E-state index in [-0.39, 0.29) is 11.9 Å². The van der Waals surface area contributed by atoms with Gasteiger partial charge in [-0.1, -0.05) is 42.8 Å². The maximum Gasteiger partial charge on any atom is 0.321 e. The van der Waals surface area contributed by atoms with Gasteiger partial charge in [-0.3, -0.25) is 15.0 Å². The first-order chi connectivity index (χ1) is 15.1. The number of morpholine rings is 1. The summed E-state index contributed by atoms with van der Waals surface area (Å²) in [6.45, 7) is 5.58. The summed E-state index contributed by atoms with van der Waals surface area (Å²) >= 11 is 1.36. The van der Waals surface area contributed by atoms with E-state index in [1.807, 2.05) is 24.3 Å². The molecule has 1 aromatic carbocycles. The molecule has 1 aliphatic carbocycles. The number of aromatic nitrogens is 2. The molecule has 2 aromatic rings. The van der Waals surface area contributed by atoms with Gasteiger partial charge in [-0.15, -0.1) is 0 Å². The zero-order chi connectivity index (χ0) is 21.6. The Bertz CT molecular complexity index is 929. The van der Waals surface area contributed by atoms with E-state index in [0.717, 1.165) is 73.7 Å². The molecule has 0 bridgehead atoms. The van der Waals surface area contributed by atoms with Crippen LogP contribution in [0.3, 0.4) is 0 Å². The highest BCUT2D eigenvalue weighted by atomic mass is 32.2. The highest BCUT2D eigenvalue weighted by Gasteiger charge is 2.23. The van der Waals surface area contributed by atoms with Crippen molar-refractivity contribution in [3.8, 4) is 0 Å². The number of nitrogens with one attached hydrogen (secondary N) is 2. The minimum atomic E-state index is -0.469. The molecule has 2 aliphatic rings. The van der Waals surface area contributed by atoms with Gasteiger partial charge in [0.05, 0.1) is 30.5 Å². The average Bonchev–Trinajstić information content (AvgIpc) is 3.27. The lowest BCUT2D eigenvalue weighted by molar-refractivity contribution is -0.119. The number of amides is 3. The molecule has 9 heteroatoms. The predicted octanol–water partition coefficient (Wildman–Crippen LogP) is 2.71. The number of carbonyl (C=O) groups is 2. The lowest BCUT2D eigenvalue weighted by atomic mass is 10.2. The molecule has 166 valence electrons. The molecule has 2 N–H and O–H groups in total. The van der Waals surface area contributed by atoms with Crippen LogP contribution >= 0.6 is 11.8 Å². The number of ether oxygens (including phenoxy) is 1. The molecule has 1 saturated carbocycles. The summed E-state index contributed by atoms with van der Waals surface area (Å²) in [6.07, 6.45) is 4.20. The third-order valence-electron chi connectivity index (χ3n) is 5.67. The molecule has 1 aromatic heterocycles. The molecule has 1 aliphatic heterocycles. The van der Waals surface area contributed by atoms with Crippen LogP contribution < -0.4 is 10.6 Å². The smallest absolute Gasteiger partial charge is 0.321 e. The third kappa shape index (κ3) is 5.93. The number of hydrogen-bond acceptors (Lipinski definition) is 7. The number of benzene rings is 1. The lowest BCUT2D eigenvalue weighted by Crippen LogP contribution is -2.45. The molecule has 1 saturated heterocycles. The molecule has 0 radical (unpaired) electrons. The average molecular weight is 444 g/mol. The number of nitrogens with zero attached hydrogens (tertiary/aromatic N) is 3. The number of imide groups is 1. The molecule has 4 rings (SSSR count). The summed E-state index contributed by atoms with van der Waals surface area (Å²) in [6, 6.07) is 7.58. The van der Waals surface area contributed by atoms with Crippen molar-refractivity contribution in [3.63, 3.8) is 0 Å². The van der Waals surface area contributed by atoms with Crippen molar-refractivity contribution in [1.29, 1.82) is 0 Å². The summed E-state index contributed by atoms with van der Waals surface area (Å²) in [5.41, 5.74) is 0.856. The second-order valence-electron chi connectivity index (χ2n) is 8.05. The van der Waals surface area contributed by atoms with Crippen LogP contribution in [0.15, 0.2) is 29.3 Å². The van der Waals surface area contributed by atoms with Crippen LogP contribution in [0.4, 0.5) is 4.79 Å². The number of rotatable bonds is 6. The molecule has 3 amide bonds. The molecule has 8 nitrogen and oxygen atoms in total. The van der Waals surface area contributed by atoms with Gasteiger partial charge >= 0.3 is 6.03 Å². The monoisotopic (exact) mass is 443 g/mol. The second-order valence-corrected chi connectivity index (χ2v) is 9.38. The molecule has 2 fully saturated rings. The minimum absolute atomic E-state index is 0.171. The zero-order valence-corrected chi connectivity index (χ0v) is 18.6. The quantitative estimate of drug-likeness (QED) is 0.523. The Labute approximate surface area is 186 Å². The highest BCUT2D eigenvalue weighted by Crippen LogP contribution is 2.29. The first-order valence-corrected chi connectivity index (χ1v) is 11.8. The van der Waals surface area contributed by atoms with Gasteiger partial charge in [-0.2, -0.15) is 0 Å². The third-order valence-corrected chi connectivity index (χ3v) is 6.77. The fraction of sp³-hybridized carbons (Fsp3) is 0.545. The van der Waals surface area contributed by atoms with Crippen LogP contribution in [-0.2, 0) is 16.1 Å². The van der Waals surface area contributed by atoms with E-state index in [1.54, 1.807) is 6.92 Å². The Morgan fingerprint density at radius 1 is 1.19 bits per heavy atom. The van der Waals surface area contributed by atoms with Crippen LogP contribution in [0, 0.1) is 0 Å². The summed E-state index contributed by atoms with van der Waals surface area (Å²) in [4.78, 5) is 36.5. The van der Waals surface area contributed by atoms with Gasteiger partial charge in [0.25, 0.3) is 0 Å². The van der Waals surface area contributed by atoms with E-state index in [4.69, 9.17) is 14.7 Å². The Kier molecular flexibility index (Phi) is 7.37. The SMILES string of the molecule is CC(Sc1nc(CN2CCOCC2)nc2ccccc12)C(=O)NC(=O)NC1CCCC1. The van der Waals surface area contributed by atoms with Crippen molar-refractivity contribution >= 4 is 34.6 Å². The lowest BCUT2D eigenvalue weighted by Gasteiger charge is -2.26. The Balaban J connectivity index is 1.44. The van der Waals surface area contributed by atoms with Crippen molar-refractivity contribution in [2.75, 3.05) is 26.3 Å². The maximum absolute atomic E-state index is 12.6. The zero-order valence-electron chi connectivity index (χ0n) is 17.8. The summed E-state index contributed by atoms with van der Waals surface area (Å²) < 4.78 is 5.42. The molecular weight excluding hydrogens is 414 g/mol. The molecule has 0 spiro atoms. The molecular formula is C22H29N5O3S. The van der Waals surface area contributed by atoms with Gasteiger partial charge in [-0.05, 0) is 25.8 Å². The van der Waals surface area contributed by atoms with Gasteiger partial charge < -0.3 is 10.1 Å². The molecule has 31 heavy (non-hydrogen) atoms. The Morgan fingerprint density at radius 3 is 2.71 bits per heavy atom. The van der Waals surface area contributed by atoms with Crippen LogP contribution in [0.1, 0.15) is 38.4 Å². The van der Waals surface area contributed by atoms with Gasteiger partial charge in [-0.25, -0.2) is 14.8 Å². The Hall–Kier alpha value is -2.23. The number of para-hydroxylation sites is 1. The van der Waals surface area contributed by atoms with E-state index in [1.165, 1.54) is 11.8 Å². The fourth-order valence-corrected chi connectivity index (χ4v) is 4.90. The van der Waals surface area contributed by atoms with Crippen molar-refractivity contribution < 1.29 is 14.3 Å². The number of carbonyl (C=O) groups excluding carboxylic acids is 2. The number of urea groups is 1. The van der Waals surface area contributed by atoms with Gasteiger partial charge in [0, 0.05) is 24.5 Å². The van der Waals surface area contributed by atoms with Gasteiger partial charge in [0.1, 0.15) is 10.9 Å². The highest BCUT2D eigenvalue weighted by molar-refractivity contribution is 8.00. The van der Waals surface area contributed by atoms with Crippen molar-refractivity contribution in [1.82, 2.24) is 25.5 Å². The normalized spacial score (nSPS) is 18.7. The first-order valence-electron chi connectivity index (χ1n) is 10.9. The fourth-order valence-electron chi connectivity index (χ4n) is 3.94. The number of fused-ring (bicyclic) bond motifs is 1. The van der Waals surface area contributed by atoms with E-state index < -0.39 is 11.3 Å². The topological polar surface area (TPSA) is 96.4 Å². The molecule has 1 atom stereocenters. The van der Waals surface area contributed by atoms with Crippen molar-refractivity contribution in [2.24, 2.45) is 0 Å².